The van der Waals surface area contributed by atoms with Crippen LogP contribution in [0.1, 0.15) is 28.7 Å². The van der Waals surface area contributed by atoms with E-state index in [4.69, 9.17) is 16.9 Å². The third kappa shape index (κ3) is 4.52. The number of anilines is 4. The Morgan fingerprint density at radius 3 is 2.71 bits per heavy atom. The Morgan fingerprint density at radius 1 is 1.21 bits per heavy atom. The number of thiophene rings is 1. The molecule has 144 valence electrons. The second-order valence-corrected chi connectivity index (χ2v) is 7.88. The van der Waals surface area contributed by atoms with Crippen molar-refractivity contribution in [3.05, 3.63) is 64.0 Å². The van der Waals surface area contributed by atoms with E-state index in [2.05, 4.69) is 40.6 Å². The van der Waals surface area contributed by atoms with Crippen LogP contribution in [0.15, 0.2) is 48.7 Å². The summed E-state index contributed by atoms with van der Waals surface area (Å²) >= 11 is 3.32. The van der Waals surface area contributed by atoms with Gasteiger partial charge in [0, 0.05) is 32.9 Å². The van der Waals surface area contributed by atoms with E-state index in [0.717, 1.165) is 17.0 Å². The minimum atomic E-state index is 0.198. The summed E-state index contributed by atoms with van der Waals surface area (Å²) < 4.78 is 0. The molecule has 0 fully saturated rings. The summed E-state index contributed by atoms with van der Waals surface area (Å²) in [6.45, 7) is 2.12. The molecule has 0 aliphatic carbocycles. The fourth-order valence-corrected chi connectivity index (χ4v) is 4.53. The Labute approximate surface area is 172 Å². The summed E-state index contributed by atoms with van der Waals surface area (Å²) in [5.41, 5.74) is 14.2. The number of nitrogen functional groups attached to an aromatic ring is 2. The number of nitrogens with two attached hydrogens (primary N) is 2. The molecule has 3 aromatic rings. The van der Waals surface area contributed by atoms with Crippen LogP contribution in [0.3, 0.4) is 0 Å². The van der Waals surface area contributed by atoms with E-state index in [1.54, 1.807) is 41.4 Å². The van der Waals surface area contributed by atoms with Crippen molar-refractivity contribution in [3.8, 4) is 0 Å². The van der Waals surface area contributed by atoms with Gasteiger partial charge in [-0.25, -0.2) is 4.98 Å². The number of rotatable bonds is 7. The quantitative estimate of drug-likeness (QED) is 0.323. The van der Waals surface area contributed by atoms with Gasteiger partial charge in [0.1, 0.15) is 5.82 Å². The normalized spacial score (nSPS) is 11.4. The first kappa shape index (κ1) is 19.9. The van der Waals surface area contributed by atoms with Crippen LogP contribution < -0.4 is 16.8 Å². The lowest BCUT2D eigenvalue weighted by Crippen LogP contribution is -2.05. The second-order valence-electron chi connectivity index (χ2n) is 5.95. The summed E-state index contributed by atoms with van der Waals surface area (Å²) in [4.78, 5) is 11.3. The molecule has 2 aromatic heterocycles. The molecule has 0 radical (unpaired) electrons. The van der Waals surface area contributed by atoms with Crippen LogP contribution in [0.5, 0.6) is 0 Å². The Hall–Kier alpha value is -2.84. The van der Waals surface area contributed by atoms with E-state index in [0.29, 0.717) is 22.8 Å². The van der Waals surface area contributed by atoms with Crippen molar-refractivity contribution < 1.29 is 0 Å². The molecule has 2 heterocycles. The largest absolute Gasteiger partial charge is 0.398 e. The molecule has 0 saturated heterocycles. The van der Waals surface area contributed by atoms with Gasteiger partial charge in [-0.05, 0) is 49.1 Å². The maximum Gasteiger partial charge on any atom is 0.221 e. The topological polar surface area (TPSA) is 114 Å². The van der Waals surface area contributed by atoms with E-state index in [1.807, 2.05) is 18.2 Å². The fourth-order valence-electron chi connectivity index (χ4n) is 2.65. The average Bonchev–Trinajstić information content (AvgIpc) is 3.17. The average molecular weight is 411 g/mol. The first-order chi connectivity index (χ1) is 13.5. The smallest absolute Gasteiger partial charge is 0.221 e. The van der Waals surface area contributed by atoms with Crippen molar-refractivity contribution in [1.29, 1.82) is 5.41 Å². The Kier molecular flexibility index (Phi) is 6.33. The fraction of sp³-hybridized carbons (Fsp3) is 0.150. The van der Waals surface area contributed by atoms with E-state index < -0.39 is 0 Å². The van der Waals surface area contributed by atoms with Crippen LogP contribution in [-0.2, 0) is 0 Å². The summed E-state index contributed by atoms with van der Waals surface area (Å²) in [5, 5.41) is 11.8. The number of aromatic nitrogens is 2. The SMILES string of the molecule is CC/C=C(\SC)c1ccc(C(=N)c2cc(Nc3ccnc(N)n3)ccc2N)s1. The molecular formula is C20H22N6S2. The van der Waals surface area contributed by atoms with E-state index >= 15 is 0 Å². The summed E-state index contributed by atoms with van der Waals surface area (Å²) in [7, 11) is 0. The predicted octanol–water partition coefficient (Wildman–Crippen LogP) is 4.98. The van der Waals surface area contributed by atoms with Gasteiger partial charge < -0.3 is 16.8 Å². The highest BCUT2D eigenvalue weighted by Crippen LogP contribution is 2.33. The van der Waals surface area contributed by atoms with Crippen LogP contribution in [0.25, 0.3) is 4.91 Å². The van der Waals surface area contributed by atoms with Crippen LogP contribution in [0.4, 0.5) is 23.1 Å². The zero-order chi connectivity index (χ0) is 20.1. The highest BCUT2D eigenvalue weighted by molar-refractivity contribution is 8.07. The third-order valence-electron chi connectivity index (χ3n) is 3.97. The van der Waals surface area contributed by atoms with E-state index in [1.165, 1.54) is 9.78 Å². The first-order valence-corrected chi connectivity index (χ1v) is 10.7. The van der Waals surface area contributed by atoms with Crippen LogP contribution in [-0.4, -0.2) is 21.9 Å². The lowest BCUT2D eigenvalue weighted by atomic mass is 10.1. The molecule has 0 aliphatic rings. The number of thioether (sulfide) groups is 1. The zero-order valence-electron chi connectivity index (χ0n) is 15.7. The highest BCUT2D eigenvalue weighted by atomic mass is 32.2. The number of benzene rings is 1. The lowest BCUT2D eigenvalue weighted by molar-refractivity contribution is 1.18. The molecular weight excluding hydrogens is 388 g/mol. The molecule has 0 unspecified atom stereocenters. The Balaban J connectivity index is 1.88. The number of hydrogen-bond acceptors (Lipinski definition) is 8. The predicted molar refractivity (Wildman–Crippen MR) is 123 cm³/mol. The van der Waals surface area contributed by atoms with Gasteiger partial charge in [-0.1, -0.05) is 13.0 Å². The van der Waals surface area contributed by atoms with Gasteiger partial charge in [0.15, 0.2) is 0 Å². The summed E-state index contributed by atoms with van der Waals surface area (Å²) in [6.07, 6.45) is 6.84. The summed E-state index contributed by atoms with van der Waals surface area (Å²) in [5.74, 6) is 0.784. The van der Waals surface area contributed by atoms with Crippen molar-refractivity contribution >= 4 is 56.9 Å². The van der Waals surface area contributed by atoms with Crippen molar-refractivity contribution in [2.45, 2.75) is 13.3 Å². The molecule has 6 N–H and O–H groups in total. The first-order valence-electron chi connectivity index (χ1n) is 8.70. The molecule has 0 saturated carbocycles. The lowest BCUT2D eigenvalue weighted by Gasteiger charge is -2.11. The van der Waals surface area contributed by atoms with Gasteiger partial charge >= 0.3 is 0 Å². The van der Waals surface area contributed by atoms with Crippen molar-refractivity contribution in [3.63, 3.8) is 0 Å². The molecule has 8 heteroatoms. The molecule has 3 rings (SSSR count). The minimum absolute atomic E-state index is 0.198. The van der Waals surface area contributed by atoms with E-state index in [9.17, 15) is 0 Å². The van der Waals surface area contributed by atoms with Gasteiger partial charge in [0.25, 0.3) is 0 Å². The standard InChI is InChI=1S/C20H22N6S2/c1-3-4-15(27-2)16-7-8-17(28-16)19(22)13-11-12(5-6-14(13)21)25-18-9-10-24-20(23)26-18/h4-11,22H,3,21H2,1-2H3,(H3,23,24,25,26)/b15-4-,22-19?. The van der Waals surface area contributed by atoms with Crippen LogP contribution >= 0.6 is 23.1 Å². The van der Waals surface area contributed by atoms with Gasteiger partial charge in [0.05, 0.1) is 10.6 Å². The summed E-state index contributed by atoms with van der Waals surface area (Å²) in [6, 6.07) is 11.3. The number of allylic oxidation sites excluding steroid dienone is 1. The molecule has 0 amide bonds. The minimum Gasteiger partial charge on any atom is -0.398 e. The molecule has 28 heavy (non-hydrogen) atoms. The second kappa shape index (κ2) is 8.90. The highest BCUT2D eigenvalue weighted by Gasteiger charge is 2.14. The van der Waals surface area contributed by atoms with Crippen molar-refractivity contribution in [2.24, 2.45) is 0 Å². The third-order valence-corrected chi connectivity index (χ3v) is 6.07. The van der Waals surface area contributed by atoms with Gasteiger partial charge in [-0.3, -0.25) is 5.41 Å². The number of nitrogens with one attached hydrogen (secondary N) is 2. The number of hydrogen-bond donors (Lipinski definition) is 4. The van der Waals surface area contributed by atoms with Crippen LogP contribution in [0, 0.1) is 5.41 Å². The molecule has 0 atom stereocenters. The van der Waals surface area contributed by atoms with E-state index in [-0.39, 0.29) is 5.95 Å². The molecule has 0 aliphatic heterocycles. The Morgan fingerprint density at radius 2 is 2.00 bits per heavy atom. The maximum absolute atomic E-state index is 8.67. The van der Waals surface area contributed by atoms with Gasteiger partial charge in [-0.15, -0.1) is 23.1 Å². The number of nitrogens with zero attached hydrogens (tertiary/aromatic N) is 2. The molecule has 0 bridgehead atoms. The molecule has 1 aromatic carbocycles. The zero-order valence-corrected chi connectivity index (χ0v) is 17.3. The van der Waals surface area contributed by atoms with Crippen molar-refractivity contribution in [1.82, 2.24) is 9.97 Å². The monoisotopic (exact) mass is 410 g/mol. The molecule has 6 nitrogen and oxygen atoms in total. The van der Waals surface area contributed by atoms with Crippen molar-refractivity contribution in [2.75, 3.05) is 23.0 Å². The van der Waals surface area contributed by atoms with Gasteiger partial charge in [0.2, 0.25) is 5.95 Å². The van der Waals surface area contributed by atoms with Gasteiger partial charge in [-0.2, -0.15) is 4.98 Å². The Bertz CT molecular complexity index is 1030. The maximum atomic E-state index is 8.67. The van der Waals surface area contributed by atoms with Crippen LogP contribution in [0.2, 0.25) is 0 Å². The molecule has 0 spiro atoms.